The Morgan fingerprint density at radius 3 is 2.67 bits per heavy atom. The summed E-state index contributed by atoms with van der Waals surface area (Å²) in [5.74, 6) is -0.330. The SMILES string of the molecule is CCCCNC(=O)Oc1ccc(F)c(COC(=O)N2C(C)CNCC2C)c1. The zero-order valence-electron chi connectivity index (χ0n) is 16.1. The molecule has 7 nitrogen and oxygen atoms in total. The summed E-state index contributed by atoms with van der Waals surface area (Å²) in [4.78, 5) is 25.7. The minimum atomic E-state index is -0.596. The summed E-state index contributed by atoms with van der Waals surface area (Å²) >= 11 is 0. The number of hydrogen-bond donors (Lipinski definition) is 2. The van der Waals surface area contributed by atoms with Gasteiger partial charge in [0.2, 0.25) is 0 Å². The Bertz CT molecular complexity index is 646. The summed E-state index contributed by atoms with van der Waals surface area (Å²) in [7, 11) is 0. The highest BCUT2D eigenvalue weighted by Crippen LogP contribution is 2.19. The molecule has 2 atom stereocenters. The lowest BCUT2D eigenvalue weighted by Gasteiger charge is -2.38. The van der Waals surface area contributed by atoms with Gasteiger partial charge in [-0.15, -0.1) is 0 Å². The zero-order chi connectivity index (χ0) is 19.8. The molecule has 1 saturated heterocycles. The van der Waals surface area contributed by atoms with Gasteiger partial charge in [-0.05, 0) is 38.5 Å². The van der Waals surface area contributed by atoms with E-state index >= 15 is 0 Å². The molecule has 2 amide bonds. The Morgan fingerprint density at radius 1 is 1.30 bits per heavy atom. The number of unbranched alkanes of at least 4 members (excludes halogenated alkanes) is 1. The van der Waals surface area contributed by atoms with Crippen molar-refractivity contribution in [3.8, 4) is 5.75 Å². The molecule has 0 spiro atoms. The summed E-state index contributed by atoms with van der Waals surface area (Å²) in [6.07, 6.45) is 0.722. The van der Waals surface area contributed by atoms with Crippen LogP contribution < -0.4 is 15.4 Å². The Balaban J connectivity index is 1.93. The number of carbonyl (C=O) groups excluding carboxylic acids is 2. The van der Waals surface area contributed by atoms with Crippen molar-refractivity contribution in [3.63, 3.8) is 0 Å². The number of rotatable bonds is 6. The van der Waals surface area contributed by atoms with E-state index in [9.17, 15) is 14.0 Å². The van der Waals surface area contributed by atoms with E-state index in [1.807, 2.05) is 20.8 Å². The van der Waals surface area contributed by atoms with Gasteiger partial charge < -0.3 is 25.0 Å². The quantitative estimate of drug-likeness (QED) is 0.741. The van der Waals surface area contributed by atoms with Gasteiger partial charge in [-0.3, -0.25) is 0 Å². The van der Waals surface area contributed by atoms with Crippen molar-refractivity contribution < 1.29 is 23.5 Å². The minimum Gasteiger partial charge on any atom is -0.444 e. The zero-order valence-corrected chi connectivity index (χ0v) is 16.1. The molecule has 0 saturated carbocycles. The van der Waals surface area contributed by atoms with Crippen LogP contribution in [0.2, 0.25) is 0 Å². The van der Waals surface area contributed by atoms with Crippen molar-refractivity contribution >= 4 is 12.2 Å². The highest BCUT2D eigenvalue weighted by molar-refractivity contribution is 5.70. The van der Waals surface area contributed by atoms with Crippen LogP contribution in [0.3, 0.4) is 0 Å². The lowest BCUT2D eigenvalue weighted by Crippen LogP contribution is -2.57. The standard InChI is InChI=1S/C19H28FN3O4/c1-4-5-8-22-18(24)27-16-6-7-17(20)15(9-16)12-26-19(25)23-13(2)10-21-11-14(23)3/h6-7,9,13-14,21H,4-5,8,10-12H2,1-3H3,(H,22,24). The number of nitrogens with zero attached hydrogens (tertiary/aromatic N) is 1. The first kappa shape index (κ1) is 21.0. The smallest absolute Gasteiger partial charge is 0.412 e. The molecule has 2 unspecified atom stereocenters. The van der Waals surface area contributed by atoms with Gasteiger partial charge in [0.15, 0.2) is 0 Å². The number of benzene rings is 1. The number of carbonyl (C=O) groups is 2. The number of halogens is 1. The summed E-state index contributed by atoms with van der Waals surface area (Å²) in [5.41, 5.74) is 0.151. The highest BCUT2D eigenvalue weighted by Gasteiger charge is 2.30. The van der Waals surface area contributed by atoms with Crippen molar-refractivity contribution in [1.29, 1.82) is 0 Å². The number of nitrogens with one attached hydrogen (secondary N) is 2. The Kier molecular flexibility index (Phi) is 7.84. The highest BCUT2D eigenvalue weighted by atomic mass is 19.1. The molecular formula is C19H28FN3O4. The fourth-order valence-corrected chi connectivity index (χ4v) is 2.94. The molecule has 2 N–H and O–H groups in total. The van der Waals surface area contributed by atoms with E-state index in [0.29, 0.717) is 19.6 Å². The van der Waals surface area contributed by atoms with E-state index in [4.69, 9.17) is 9.47 Å². The van der Waals surface area contributed by atoms with E-state index in [2.05, 4.69) is 10.6 Å². The number of ether oxygens (including phenoxy) is 2. The molecule has 1 heterocycles. The van der Waals surface area contributed by atoms with E-state index in [0.717, 1.165) is 12.8 Å². The molecule has 1 aromatic carbocycles. The Labute approximate surface area is 159 Å². The predicted octanol–water partition coefficient (Wildman–Crippen LogP) is 3.03. The maximum Gasteiger partial charge on any atom is 0.412 e. The average Bonchev–Trinajstić information content (AvgIpc) is 2.62. The monoisotopic (exact) mass is 381 g/mol. The summed E-state index contributed by atoms with van der Waals surface area (Å²) in [5, 5.41) is 5.85. The average molecular weight is 381 g/mol. The number of hydrogen-bond acceptors (Lipinski definition) is 5. The third-order valence-corrected chi connectivity index (χ3v) is 4.42. The van der Waals surface area contributed by atoms with Gasteiger partial charge in [0.25, 0.3) is 0 Å². The molecule has 0 aromatic heterocycles. The van der Waals surface area contributed by atoms with Gasteiger partial charge >= 0.3 is 12.2 Å². The van der Waals surface area contributed by atoms with Gasteiger partial charge in [0.1, 0.15) is 18.2 Å². The maximum atomic E-state index is 14.0. The van der Waals surface area contributed by atoms with Gasteiger partial charge in [-0.1, -0.05) is 13.3 Å². The molecule has 8 heteroatoms. The molecule has 1 aromatic rings. The van der Waals surface area contributed by atoms with Gasteiger partial charge in [-0.25, -0.2) is 14.0 Å². The van der Waals surface area contributed by atoms with Crippen LogP contribution >= 0.6 is 0 Å². The first-order valence-electron chi connectivity index (χ1n) is 9.32. The molecule has 1 aliphatic rings. The summed E-state index contributed by atoms with van der Waals surface area (Å²) < 4.78 is 24.5. The van der Waals surface area contributed by atoms with E-state index in [-0.39, 0.29) is 30.0 Å². The van der Waals surface area contributed by atoms with Crippen LogP contribution in [0.15, 0.2) is 18.2 Å². The summed E-state index contributed by atoms with van der Waals surface area (Å²) in [6.45, 7) is 7.52. The number of amides is 2. The lowest BCUT2D eigenvalue weighted by atomic mass is 10.1. The van der Waals surface area contributed by atoms with E-state index in [1.54, 1.807) is 4.90 Å². The fourth-order valence-electron chi connectivity index (χ4n) is 2.94. The molecule has 150 valence electrons. The normalized spacial score (nSPS) is 19.5. The molecular weight excluding hydrogens is 353 g/mol. The van der Waals surface area contributed by atoms with Crippen molar-refractivity contribution in [2.45, 2.75) is 52.3 Å². The van der Waals surface area contributed by atoms with Crippen LogP contribution in [0.25, 0.3) is 0 Å². The largest absolute Gasteiger partial charge is 0.444 e. The third-order valence-electron chi connectivity index (χ3n) is 4.42. The van der Waals surface area contributed by atoms with Gasteiger partial charge in [0, 0.05) is 37.3 Å². The van der Waals surface area contributed by atoms with E-state index in [1.165, 1.54) is 18.2 Å². The molecule has 1 aliphatic heterocycles. The van der Waals surface area contributed by atoms with Crippen LogP contribution in [-0.4, -0.2) is 48.8 Å². The Hall–Kier alpha value is -2.35. The second kappa shape index (κ2) is 10.1. The minimum absolute atomic E-state index is 0.00687. The molecule has 27 heavy (non-hydrogen) atoms. The fraction of sp³-hybridized carbons (Fsp3) is 0.579. The molecule has 2 rings (SSSR count). The maximum absolute atomic E-state index is 14.0. The lowest BCUT2D eigenvalue weighted by molar-refractivity contribution is 0.0557. The van der Waals surface area contributed by atoms with Crippen LogP contribution in [-0.2, 0) is 11.3 Å². The van der Waals surface area contributed by atoms with Crippen molar-refractivity contribution in [2.24, 2.45) is 0 Å². The molecule has 0 bridgehead atoms. The predicted molar refractivity (Wildman–Crippen MR) is 99.2 cm³/mol. The van der Waals surface area contributed by atoms with Gasteiger partial charge in [-0.2, -0.15) is 0 Å². The van der Waals surface area contributed by atoms with Crippen LogP contribution in [0.1, 0.15) is 39.2 Å². The van der Waals surface area contributed by atoms with Crippen LogP contribution in [0, 0.1) is 5.82 Å². The first-order valence-corrected chi connectivity index (χ1v) is 9.32. The molecule has 0 aliphatic carbocycles. The second-order valence-corrected chi connectivity index (χ2v) is 6.74. The van der Waals surface area contributed by atoms with Crippen LogP contribution in [0.4, 0.5) is 14.0 Å². The number of piperazine rings is 1. The topological polar surface area (TPSA) is 79.9 Å². The van der Waals surface area contributed by atoms with Crippen molar-refractivity contribution in [1.82, 2.24) is 15.5 Å². The second-order valence-electron chi connectivity index (χ2n) is 6.74. The summed E-state index contributed by atoms with van der Waals surface area (Å²) in [6, 6.07) is 3.90. The van der Waals surface area contributed by atoms with Crippen molar-refractivity contribution in [2.75, 3.05) is 19.6 Å². The third kappa shape index (κ3) is 6.09. The van der Waals surface area contributed by atoms with Crippen LogP contribution in [0.5, 0.6) is 5.75 Å². The van der Waals surface area contributed by atoms with E-state index < -0.39 is 18.0 Å². The molecule has 0 radical (unpaired) electrons. The molecule has 1 fully saturated rings. The van der Waals surface area contributed by atoms with Gasteiger partial charge in [0.05, 0.1) is 0 Å². The first-order chi connectivity index (χ1) is 12.9. The Morgan fingerprint density at radius 2 is 2.00 bits per heavy atom. The van der Waals surface area contributed by atoms with Crippen molar-refractivity contribution in [3.05, 3.63) is 29.6 Å².